The molecule has 1 aromatic carbocycles. The van der Waals surface area contributed by atoms with Crippen LogP contribution in [0.4, 0.5) is 13.6 Å². The van der Waals surface area contributed by atoms with Crippen LogP contribution in [0.3, 0.4) is 0 Å². The normalized spacial score (nSPS) is 11.4. The van der Waals surface area contributed by atoms with Crippen LogP contribution in [0.25, 0.3) is 0 Å². The first-order chi connectivity index (χ1) is 8.28. The van der Waals surface area contributed by atoms with Crippen LogP contribution in [0.2, 0.25) is 0 Å². The van der Waals surface area contributed by atoms with Gasteiger partial charge in [-0.3, -0.25) is 0 Å². The maximum atomic E-state index is 12.3. The highest BCUT2D eigenvalue weighted by molar-refractivity contribution is 5.67. The molecule has 0 saturated carbocycles. The van der Waals surface area contributed by atoms with Crippen molar-refractivity contribution in [1.82, 2.24) is 5.32 Å². The molecule has 0 aliphatic rings. The topological polar surface area (TPSA) is 38.3 Å². The Labute approximate surface area is 105 Å². The van der Waals surface area contributed by atoms with Crippen molar-refractivity contribution < 1.29 is 18.3 Å². The Morgan fingerprint density at radius 3 is 2.28 bits per heavy atom. The average molecular weight is 257 g/mol. The number of halogens is 2. The first-order valence-electron chi connectivity index (χ1n) is 5.62. The number of hydrogen-bond donors (Lipinski definition) is 1. The maximum Gasteiger partial charge on any atom is 0.407 e. The molecular formula is C13H17F2NO2. The fourth-order valence-corrected chi connectivity index (χ4v) is 1.27. The van der Waals surface area contributed by atoms with E-state index in [1.807, 2.05) is 0 Å². The van der Waals surface area contributed by atoms with Crippen LogP contribution in [-0.2, 0) is 11.3 Å². The molecule has 0 unspecified atom stereocenters. The molecule has 0 fully saturated rings. The van der Waals surface area contributed by atoms with E-state index in [9.17, 15) is 13.6 Å². The Morgan fingerprint density at radius 1 is 1.28 bits per heavy atom. The largest absolute Gasteiger partial charge is 0.444 e. The smallest absolute Gasteiger partial charge is 0.407 e. The second kappa shape index (κ2) is 5.80. The van der Waals surface area contributed by atoms with Crippen molar-refractivity contribution in [2.24, 2.45) is 0 Å². The van der Waals surface area contributed by atoms with Crippen LogP contribution in [0.1, 0.15) is 38.3 Å². The number of carbonyl (C=O) groups is 1. The number of carbonyl (C=O) groups excluding carboxylic acids is 1. The highest BCUT2D eigenvalue weighted by Gasteiger charge is 2.15. The zero-order valence-electron chi connectivity index (χ0n) is 10.7. The lowest BCUT2D eigenvalue weighted by Crippen LogP contribution is -2.32. The summed E-state index contributed by atoms with van der Waals surface area (Å²) in [7, 11) is 0. The van der Waals surface area contributed by atoms with Crippen LogP contribution in [0.15, 0.2) is 24.3 Å². The van der Waals surface area contributed by atoms with Crippen molar-refractivity contribution in [1.29, 1.82) is 0 Å². The number of alkyl halides is 2. The zero-order chi connectivity index (χ0) is 13.8. The van der Waals surface area contributed by atoms with Gasteiger partial charge in [-0.05, 0) is 26.3 Å². The van der Waals surface area contributed by atoms with Crippen molar-refractivity contribution in [2.75, 3.05) is 0 Å². The third-order valence-electron chi connectivity index (χ3n) is 2.07. The van der Waals surface area contributed by atoms with Gasteiger partial charge in [0.05, 0.1) is 0 Å². The van der Waals surface area contributed by atoms with Crippen molar-refractivity contribution >= 4 is 6.09 Å². The predicted octanol–water partition coefficient (Wildman–Crippen LogP) is 3.65. The first kappa shape index (κ1) is 14.4. The molecule has 0 aliphatic carbocycles. The van der Waals surface area contributed by atoms with Gasteiger partial charge >= 0.3 is 6.09 Å². The van der Waals surface area contributed by atoms with E-state index in [4.69, 9.17) is 4.74 Å². The lowest BCUT2D eigenvalue weighted by molar-refractivity contribution is 0.0523. The van der Waals surface area contributed by atoms with Gasteiger partial charge in [0.15, 0.2) is 0 Å². The summed E-state index contributed by atoms with van der Waals surface area (Å²) in [6.07, 6.45) is -3.00. The standard InChI is InChI=1S/C13H17F2NO2/c1-13(2,3)18-12(17)16-8-9-4-6-10(7-5-9)11(14)15/h4-7,11H,8H2,1-3H3,(H,16,17). The first-order valence-corrected chi connectivity index (χ1v) is 5.62. The van der Waals surface area contributed by atoms with E-state index in [2.05, 4.69) is 5.32 Å². The molecule has 0 bridgehead atoms. The number of amides is 1. The van der Waals surface area contributed by atoms with Crippen molar-refractivity contribution in [3.05, 3.63) is 35.4 Å². The van der Waals surface area contributed by atoms with Crippen LogP contribution < -0.4 is 5.32 Å². The molecule has 0 aliphatic heterocycles. The lowest BCUT2D eigenvalue weighted by Gasteiger charge is -2.19. The number of ether oxygens (including phenoxy) is 1. The average Bonchev–Trinajstić information content (AvgIpc) is 2.24. The SMILES string of the molecule is CC(C)(C)OC(=O)NCc1ccc(C(F)F)cc1. The zero-order valence-corrected chi connectivity index (χ0v) is 10.7. The molecule has 1 rings (SSSR count). The molecule has 1 aromatic rings. The highest BCUT2D eigenvalue weighted by atomic mass is 19.3. The fourth-order valence-electron chi connectivity index (χ4n) is 1.27. The van der Waals surface area contributed by atoms with Gasteiger partial charge in [0.25, 0.3) is 6.43 Å². The molecule has 5 heteroatoms. The minimum Gasteiger partial charge on any atom is -0.444 e. The molecular weight excluding hydrogens is 240 g/mol. The minimum atomic E-state index is -2.47. The molecule has 100 valence electrons. The molecule has 1 amide bonds. The Balaban J connectivity index is 2.46. The predicted molar refractivity (Wildman–Crippen MR) is 64.5 cm³/mol. The summed E-state index contributed by atoms with van der Waals surface area (Å²) in [5.74, 6) is 0. The Kier molecular flexibility index (Phi) is 4.64. The van der Waals surface area contributed by atoms with Gasteiger partial charge in [0.1, 0.15) is 5.60 Å². The van der Waals surface area contributed by atoms with Gasteiger partial charge in [-0.1, -0.05) is 24.3 Å². The van der Waals surface area contributed by atoms with Crippen molar-refractivity contribution in [2.45, 2.75) is 39.3 Å². The minimum absolute atomic E-state index is 0.0315. The van der Waals surface area contributed by atoms with E-state index in [0.29, 0.717) is 0 Å². The third-order valence-corrected chi connectivity index (χ3v) is 2.07. The second-order valence-corrected chi connectivity index (χ2v) is 4.90. The Morgan fingerprint density at radius 2 is 1.83 bits per heavy atom. The van der Waals surface area contributed by atoms with Gasteiger partial charge in [-0.15, -0.1) is 0 Å². The molecule has 18 heavy (non-hydrogen) atoms. The summed E-state index contributed by atoms with van der Waals surface area (Å²) in [4.78, 5) is 11.4. The van der Waals surface area contributed by atoms with Crippen LogP contribution >= 0.6 is 0 Å². The van der Waals surface area contributed by atoms with E-state index >= 15 is 0 Å². The fraction of sp³-hybridized carbons (Fsp3) is 0.462. The third kappa shape index (κ3) is 5.12. The summed E-state index contributed by atoms with van der Waals surface area (Å²) >= 11 is 0. The number of rotatable bonds is 3. The van der Waals surface area contributed by atoms with E-state index in [1.54, 1.807) is 32.9 Å². The summed E-state index contributed by atoms with van der Waals surface area (Å²) in [5.41, 5.74) is 0.158. The second-order valence-electron chi connectivity index (χ2n) is 4.90. The van der Waals surface area contributed by atoms with Gasteiger partial charge in [0.2, 0.25) is 0 Å². The molecule has 0 heterocycles. The number of hydrogen-bond acceptors (Lipinski definition) is 2. The van der Waals surface area contributed by atoms with E-state index in [0.717, 1.165) is 5.56 Å². The van der Waals surface area contributed by atoms with Crippen molar-refractivity contribution in [3.8, 4) is 0 Å². The van der Waals surface area contributed by atoms with E-state index < -0.39 is 18.1 Å². The number of alkyl carbamates (subject to hydrolysis) is 1. The Bertz CT molecular complexity index is 396. The van der Waals surface area contributed by atoms with Gasteiger partial charge in [-0.2, -0.15) is 0 Å². The van der Waals surface area contributed by atoms with Crippen LogP contribution in [0.5, 0.6) is 0 Å². The van der Waals surface area contributed by atoms with E-state index in [1.165, 1.54) is 12.1 Å². The molecule has 0 aromatic heterocycles. The Hall–Kier alpha value is -1.65. The molecule has 0 atom stereocenters. The van der Waals surface area contributed by atoms with E-state index in [-0.39, 0.29) is 12.1 Å². The summed E-state index contributed by atoms with van der Waals surface area (Å²) < 4.78 is 29.7. The number of nitrogens with one attached hydrogen (secondary N) is 1. The van der Waals surface area contributed by atoms with Gasteiger partial charge < -0.3 is 10.1 Å². The quantitative estimate of drug-likeness (QED) is 0.897. The van der Waals surface area contributed by atoms with Crippen LogP contribution in [0, 0.1) is 0 Å². The maximum absolute atomic E-state index is 12.3. The highest BCUT2D eigenvalue weighted by Crippen LogP contribution is 2.18. The lowest BCUT2D eigenvalue weighted by atomic mass is 10.1. The molecule has 3 nitrogen and oxygen atoms in total. The monoisotopic (exact) mass is 257 g/mol. The van der Waals surface area contributed by atoms with Crippen molar-refractivity contribution in [3.63, 3.8) is 0 Å². The molecule has 0 spiro atoms. The van der Waals surface area contributed by atoms with Gasteiger partial charge in [-0.25, -0.2) is 13.6 Å². The number of benzene rings is 1. The van der Waals surface area contributed by atoms with Crippen LogP contribution in [-0.4, -0.2) is 11.7 Å². The summed E-state index contributed by atoms with van der Waals surface area (Å²) in [5, 5.41) is 2.56. The summed E-state index contributed by atoms with van der Waals surface area (Å²) in [6.45, 7) is 5.55. The molecule has 1 N–H and O–H groups in total. The summed E-state index contributed by atoms with van der Waals surface area (Å²) in [6, 6.07) is 5.80. The molecule has 0 radical (unpaired) electrons. The molecule has 0 saturated heterocycles. The van der Waals surface area contributed by atoms with Gasteiger partial charge in [0, 0.05) is 12.1 Å².